The van der Waals surface area contributed by atoms with E-state index in [4.69, 9.17) is 5.73 Å². The summed E-state index contributed by atoms with van der Waals surface area (Å²) in [5.74, 6) is -0.955. The van der Waals surface area contributed by atoms with Crippen LogP contribution in [-0.4, -0.2) is 25.4 Å². The molecule has 0 bridgehead atoms. The number of nitrogens with two attached hydrogens (primary N) is 1. The Morgan fingerprint density at radius 2 is 1.85 bits per heavy atom. The van der Waals surface area contributed by atoms with Crippen LogP contribution in [0.3, 0.4) is 0 Å². The summed E-state index contributed by atoms with van der Waals surface area (Å²) in [6.45, 7) is 3.83. The second-order valence-corrected chi connectivity index (χ2v) is 10.7. The highest BCUT2D eigenvalue weighted by atomic mass is 32.2. The number of para-hydroxylation sites is 1. The predicted molar refractivity (Wildman–Crippen MR) is 125 cm³/mol. The van der Waals surface area contributed by atoms with Gasteiger partial charge in [0.1, 0.15) is 10.7 Å². The summed E-state index contributed by atoms with van der Waals surface area (Å²) in [6.07, 6.45) is 3.50. The molecule has 0 saturated heterocycles. The fourth-order valence-electron chi connectivity index (χ4n) is 4.96. The van der Waals surface area contributed by atoms with Crippen molar-refractivity contribution in [1.82, 2.24) is 9.71 Å². The maximum atomic E-state index is 13.4. The molecule has 3 aromatic rings. The highest BCUT2D eigenvalue weighted by Crippen LogP contribution is 2.47. The van der Waals surface area contributed by atoms with Crippen molar-refractivity contribution in [1.29, 1.82) is 0 Å². The first-order chi connectivity index (χ1) is 15.6. The van der Waals surface area contributed by atoms with Crippen molar-refractivity contribution in [3.63, 3.8) is 0 Å². The molecule has 3 N–H and O–H groups in total. The summed E-state index contributed by atoms with van der Waals surface area (Å²) in [5.41, 5.74) is 7.27. The van der Waals surface area contributed by atoms with Crippen LogP contribution in [0.25, 0.3) is 10.9 Å². The van der Waals surface area contributed by atoms with Crippen molar-refractivity contribution in [3.05, 3.63) is 71.7 Å². The van der Waals surface area contributed by atoms with Gasteiger partial charge < -0.3 is 5.73 Å². The van der Waals surface area contributed by atoms with Gasteiger partial charge in [0, 0.05) is 17.6 Å². The first kappa shape index (κ1) is 23.3. The van der Waals surface area contributed by atoms with Gasteiger partial charge in [0.25, 0.3) is 0 Å². The molecule has 6 nitrogen and oxygen atoms in total. The minimum Gasteiger partial charge on any atom is -0.369 e. The molecular formula is C25H28FN3O3S. The molecule has 2 aromatic carbocycles. The summed E-state index contributed by atoms with van der Waals surface area (Å²) in [4.78, 5) is 17.0. The SMILES string of the molecule is Cc1cnc2c(S(=O)(=O)NC3CCC(C(N)=O)([C@H](C)c4ccc(F)cc4)CC3)cccc2c1. The van der Waals surface area contributed by atoms with Gasteiger partial charge in [0.15, 0.2) is 0 Å². The molecule has 4 rings (SSSR count). The number of fused-ring (bicyclic) bond motifs is 1. The van der Waals surface area contributed by atoms with E-state index >= 15 is 0 Å². The first-order valence-corrected chi connectivity index (χ1v) is 12.5. The number of carbonyl (C=O) groups is 1. The number of rotatable bonds is 6. The topological polar surface area (TPSA) is 102 Å². The van der Waals surface area contributed by atoms with Crippen LogP contribution < -0.4 is 10.5 Å². The monoisotopic (exact) mass is 469 g/mol. The van der Waals surface area contributed by atoms with E-state index < -0.39 is 21.3 Å². The average Bonchev–Trinajstić information content (AvgIpc) is 2.78. The van der Waals surface area contributed by atoms with Gasteiger partial charge in [0.05, 0.1) is 10.9 Å². The van der Waals surface area contributed by atoms with E-state index in [1.807, 2.05) is 26.0 Å². The molecule has 1 aliphatic carbocycles. The highest BCUT2D eigenvalue weighted by Gasteiger charge is 2.45. The molecule has 0 unspecified atom stereocenters. The standard InChI is InChI=1S/C25H28FN3O3S/c1-16-14-19-4-3-5-22(23(19)28-15-16)33(31,32)29-21-10-12-25(13-11-21,24(27)30)17(2)18-6-8-20(26)9-7-18/h3-9,14-15,17,21,29H,10-13H2,1-2H3,(H2,27,30)/t17-,21?,25?/m1/s1. The van der Waals surface area contributed by atoms with Crippen molar-refractivity contribution >= 4 is 26.8 Å². The normalized spacial score (nSPS) is 22.2. The molecule has 1 fully saturated rings. The van der Waals surface area contributed by atoms with Crippen LogP contribution in [0.15, 0.2) is 59.6 Å². The molecule has 0 spiro atoms. The zero-order valence-electron chi connectivity index (χ0n) is 18.7. The number of aromatic nitrogens is 1. The van der Waals surface area contributed by atoms with Crippen molar-refractivity contribution < 1.29 is 17.6 Å². The number of nitrogens with zero attached hydrogens (tertiary/aromatic N) is 1. The molecule has 1 saturated carbocycles. The lowest BCUT2D eigenvalue weighted by Gasteiger charge is -2.42. The summed E-state index contributed by atoms with van der Waals surface area (Å²) in [6, 6.07) is 12.8. The Bertz CT molecular complexity index is 1280. The first-order valence-electron chi connectivity index (χ1n) is 11.1. The fourth-order valence-corrected chi connectivity index (χ4v) is 6.44. The third-order valence-corrected chi connectivity index (χ3v) is 8.54. The summed E-state index contributed by atoms with van der Waals surface area (Å²) in [5, 5.41) is 0.766. The number of carbonyl (C=O) groups excluding carboxylic acids is 1. The van der Waals surface area contributed by atoms with E-state index in [0.717, 1.165) is 16.5 Å². The number of nitrogens with one attached hydrogen (secondary N) is 1. The summed E-state index contributed by atoms with van der Waals surface area (Å²) < 4.78 is 42.6. The van der Waals surface area contributed by atoms with Gasteiger partial charge in [0.2, 0.25) is 15.9 Å². The molecule has 8 heteroatoms. The van der Waals surface area contributed by atoms with E-state index in [1.54, 1.807) is 30.5 Å². The number of aryl methyl sites for hydroxylation is 1. The Morgan fingerprint density at radius 3 is 2.48 bits per heavy atom. The number of benzene rings is 2. The predicted octanol–water partition coefficient (Wildman–Crippen LogP) is 4.18. The van der Waals surface area contributed by atoms with Gasteiger partial charge in [-0.1, -0.05) is 31.2 Å². The summed E-state index contributed by atoms with van der Waals surface area (Å²) in [7, 11) is -3.80. The number of halogens is 1. The van der Waals surface area contributed by atoms with Gasteiger partial charge in [-0.2, -0.15) is 0 Å². The van der Waals surface area contributed by atoms with Crippen LogP contribution >= 0.6 is 0 Å². The number of hydrogen-bond donors (Lipinski definition) is 2. The van der Waals surface area contributed by atoms with E-state index in [0.29, 0.717) is 31.2 Å². The van der Waals surface area contributed by atoms with Crippen molar-refractivity contribution in [2.45, 2.75) is 56.4 Å². The van der Waals surface area contributed by atoms with Crippen LogP contribution in [0.1, 0.15) is 49.7 Å². The number of amides is 1. The van der Waals surface area contributed by atoms with Crippen LogP contribution in [0.5, 0.6) is 0 Å². The lowest BCUT2D eigenvalue weighted by Crippen LogP contribution is -2.48. The minimum absolute atomic E-state index is 0.145. The third kappa shape index (κ3) is 4.50. The zero-order chi connectivity index (χ0) is 23.8. The lowest BCUT2D eigenvalue weighted by molar-refractivity contribution is -0.131. The van der Waals surface area contributed by atoms with Gasteiger partial charge in [-0.3, -0.25) is 9.78 Å². The smallest absolute Gasteiger partial charge is 0.242 e. The lowest BCUT2D eigenvalue weighted by atomic mass is 9.63. The molecule has 174 valence electrons. The van der Waals surface area contributed by atoms with Gasteiger partial charge in [-0.25, -0.2) is 17.5 Å². The van der Waals surface area contributed by atoms with E-state index in [1.165, 1.54) is 12.1 Å². The Kier molecular flexibility index (Phi) is 6.24. The van der Waals surface area contributed by atoms with Crippen LogP contribution in [0, 0.1) is 18.2 Å². The van der Waals surface area contributed by atoms with Gasteiger partial charge in [-0.05, 0) is 73.9 Å². The summed E-state index contributed by atoms with van der Waals surface area (Å²) >= 11 is 0. The van der Waals surface area contributed by atoms with E-state index in [9.17, 15) is 17.6 Å². The van der Waals surface area contributed by atoms with E-state index in [2.05, 4.69) is 9.71 Å². The zero-order valence-corrected chi connectivity index (χ0v) is 19.5. The van der Waals surface area contributed by atoms with Crippen molar-refractivity contribution in [2.75, 3.05) is 0 Å². The highest BCUT2D eigenvalue weighted by molar-refractivity contribution is 7.89. The molecule has 1 heterocycles. The Balaban J connectivity index is 1.53. The molecule has 0 aliphatic heterocycles. The van der Waals surface area contributed by atoms with Crippen LogP contribution in [-0.2, 0) is 14.8 Å². The largest absolute Gasteiger partial charge is 0.369 e. The quantitative estimate of drug-likeness (QED) is 0.565. The van der Waals surface area contributed by atoms with Crippen molar-refractivity contribution in [2.24, 2.45) is 11.1 Å². The second-order valence-electron chi connectivity index (χ2n) is 9.03. The van der Waals surface area contributed by atoms with Gasteiger partial charge in [-0.15, -0.1) is 0 Å². The molecule has 33 heavy (non-hydrogen) atoms. The van der Waals surface area contributed by atoms with Crippen LogP contribution in [0.2, 0.25) is 0 Å². The number of hydrogen-bond acceptors (Lipinski definition) is 4. The number of primary amides is 1. The third-order valence-electron chi connectivity index (χ3n) is 6.99. The maximum Gasteiger partial charge on any atom is 0.242 e. The Labute approximate surface area is 193 Å². The number of pyridine rings is 1. The molecule has 0 radical (unpaired) electrons. The molecule has 1 aromatic heterocycles. The molecular weight excluding hydrogens is 441 g/mol. The van der Waals surface area contributed by atoms with Crippen LogP contribution in [0.4, 0.5) is 4.39 Å². The molecule has 1 aliphatic rings. The maximum absolute atomic E-state index is 13.4. The van der Waals surface area contributed by atoms with E-state index in [-0.39, 0.29) is 22.7 Å². The molecule has 1 atom stereocenters. The minimum atomic E-state index is -3.80. The Morgan fingerprint density at radius 1 is 1.18 bits per heavy atom. The van der Waals surface area contributed by atoms with Gasteiger partial charge >= 0.3 is 0 Å². The fraction of sp³-hybridized carbons (Fsp3) is 0.360. The number of sulfonamides is 1. The average molecular weight is 470 g/mol. The van der Waals surface area contributed by atoms with Crippen molar-refractivity contribution in [3.8, 4) is 0 Å². The Hall–Kier alpha value is -2.84. The molecule has 1 amide bonds. The second kappa shape index (κ2) is 8.83.